The Kier molecular flexibility index (Phi) is 6.29. The molecule has 1 fully saturated rings. The molecule has 1 N–H and O–H groups in total. The fourth-order valence-electron chi connectivity index (χ4n) is 3.37. The summed E-state index contributed by atoms with van der Waals surface area (Å²) in [7, 11) is 3.40. The monoisotopic (exact) mass is 372 g/mol. The molecule has 2 aromatic carbocycles. The number of benzene rings is 2. The summed E-state index contributed by atoms with van der Waals surface area (Å²) in [5, 5.41) is 0. The molecule has 0 spiro atoms. The molecule has 0 aromatic heterocycles. The predicted molar refractivity (Wildman–Crippen MR) is 104 cm³/mol. The first-order chi connectivity index (χ1) is 13.1. The third kappa shape index (κ3) is 4.98. The summed E-state index contributed by atoms with van der Waals surface area (Å²) < 4.78 is 19.0. The van der Waals surface area contributed by atoms with Crippen LogP contribution in [0.2, 0.25) is 0 Å². The van der Waals surface area contributed by atoms with Crippen molar-refractivity contribution in [3.8, 4) is 5.75 Å². The minimum absolute atomic E-state index is 0.0474. The standard InChI is InChI=1S/C21H26FN3O2/c1-23(15-17-5-3-4-6-20(17)22)21(26)16-24-11-13-25(14-12-24)18-7-9-19(27-2)10-8-18/h3-10H,11-16H2,1-2H3/p+1. The molecule has 1 heterocycles. The van der Waals surface area contributed by atoms with Crippen molar-refractivity contribution in [2.45, 2.75) is 6.54 Å². The van der Waals surface area contributed by atoms with Crippen molar-refractivity contribution in [3.05, 3.63) is 59.9 Å². The number of carbonyl (C=O) groups excluding carboxylic acids is 1. The zero-order valence-corrected chi connectivity index (χ0v) is 16.0. The van der Waals surface area contributed by atoms with E-state index in [0.717, 1.165) is 31.9 Å². The van der Waals surface area contributed by atoms with Gasteiger partial charge in [-0.1, -0.05) is 18.2 Å². The number of hydrogen-bond acceptors (Lipinski definition) is 3. The van der Waals surface area contributed by atoms with E-state index in [1.807, 2.05) is 12.1 Å². The molecule has 0 atom stereocenters. The van der Waals surface area contributed by atoms with E-state index in [9.17, 15) is 9.18 Å². The lowest BCUT2D eigenvalue weighted by atomic mass is 10.2. The molecule has 144 valence electrons. The maximum absolute atomic E-state index is 13.8. The van der Waals surface area contributed by atoms with Crippen LogP contribution in [0.5, 0.6) is 5.75 Å². The van der Waals surface area contributed by atoms with Crippen LogP contribution in [0, 0.1) is 5.82 Å². The number of ether oxygens (including phenoxy) is 1. The molecule has 0 aliphatic carbocycles. The SMILES string of the molecule is COc1ccc(N2CC[NH+](CC(=O)N(C)Cc3ccccc3F)CC2)cc1. The first-order valence-corrected chi connectivity index (χ1v) is 9.27. The Hall–Kier alpha value is -2.60. The van der Waals surface area contributed by atoms with E-state index in [1.165, 1.54) is 16.7 Å². The van der Waals surface area contributed by atoms with Crippen molar-refractivity contribution in [1.82, 2.24) is 4.90 Å². The number of anilines is 1. The number of amides is 1. The van der Waals surface area contributed by atoms with Gasteiger partial charge in [0.2, 0.25) is 0 Å². The lowest BCUT2D eigenvalue weighted by molar-refractivity contribution is -0.892. The summed E-state index contributed by atoms with van der Waals surface area (Å²) in [6.07, 6.45) is 0. The van der Waals surface area contributed by atoms with Crippen molar-refractivity contribution in [1.29, 1.82) is 0 Å². The van der Waals surface area contributed by atoms with Gasteiger partial charge in [0.05, 0.1) is 33.3 Å². The van der Waals surface area contributed by atoms with Gasteiger partial charge >= 0.3 is 0 Å². The number of carbonyl (C=O) groups is 1. The van der Waals surface area contributed by atoms with Crippen LogP contribution in [0.25, 0.3) is 0 Å². The normalized spacial score (nSPS) is 14.9. The van der Waals surface area contributed by atoms with E-state index < -0.39 is 0 Å². The van der Waals surface area contributed by atoms with Gasteiger partial charge in [0, 0.05) is 24.8 Å². The van der Waals surface area contributed by atoms with Crippen LogP contribution in [-0.2, 0) is 11.3 Å². The fraction of sp³-hybridized carbons (Fsp3) is 0.381. The number of quaternary nitrogens is 1. The van der Waals surface area contributed by atoms with Crippen LogP contribution in [0.3, 0.4) is 0 Å². The Labute approximate surface area is 159 Å². The van der Waals surface area contributed by atoms with Gasteiger partial charge in [0.1, 0.15) is 11.6 Å². The summed E-state index contributed by atoms with van der Waals surface area (Å²) in [6.45, 7) is 4.38. The molecule has 1 saturated heterocycles. The molecule has 5 nitrogen and oxygen atoms in total. The van der Waals surface area contributed by atoms with Gasteiger partial charge in [0.25, 0.3) is 5.91 Å². The Balaban J connectivity index is 1.48. The highest BCUT2D eigenvalue weighted by Crippen LogP contribution is 2.19. The molecule has 1 aliphatic heterocycles. The van der Waals surface area contributed by atoms with E-state index >= 15 is 0 Å². The largest absolute Gasteiger partial charge is 0.497 e. The highest BCUT2D eigenvalue weighted by Gasteiger charge is 2.24. The summed E-state index contributed by atoms with van der Waals surface area (Å²) in [5.74, 6) is 0.634. The molecular weight excluding hydrogens is 345 g/mol. The van der Waals surface area contributed by atoms with Gasteiger partial charge in [-0.3, -0.25) is 4.79 Å². The van der Waals surface area contributed by atoms with Crippen LogP contribution in [-0.4, -0.2) is 57.7 Å². The lowest BCUT2D eigenvalue weighted by Gasteiger charge is -2.34. The van der Waals surface area contributed by atoms with E-state index in [-0.39, 0.29) is 11.7 Å². The summed E-state index contributed by atoms with van der Waals surface area (Å²) >= 11 is 0. The predicted octanol–water partition coefficient (Wildman–Crippen LogP) is 1.20. The zero-order valence-electron chi connectivity index (χ0n) is 16.0. The fourth-order valence-corrected chi connectivity index (χ4v) is 3.37. The summed E-state index contributed by atoms with van der Waals surface area (Å²) in [4.78, 5) is 17.7. The topological polar surface area (TPSA) is 37.2 Å². The van der Waals surface area contributed by atoms with E-state index in [2.05, 4.69) is 17.0 Å². The number of rotatable bonds is 6. The number of nitrogens with zero attached hydrogens (tertiary/aromatic N) is 2. The maximum atomic E-state index is 13.8. The maximum Gasteiger partial charge on any atom is 0.277 e. The summed E-state index contributed by atoms with van der Waals surface area (Å²) in [5.41, 5.74) is 1.73. The number of methoxy groups -OCH3 is 1. The van der Waals surface area contributed by atoms with Crippen LogP contribution in [0.1, 0.15) is 5.56 Å². The van der Waals surface area contributed by atoms with Crippen molar-refractivity contribution in [2.24, 2.45) is 0 Å². The van der Waals surface area contributed by atoms with Crippen molar-refractivity contribution in [2.75, 3.05) is 51.8 Å². The first-order valence-electron chi connectivity index (χ1n) is 9.27. The highest BCUT2D eigenvalue weighted by molar-refractivity contribution is 5.76. The molecule has 1 aliphatic rings. The quantitative estimate of drug-likeness (QED) is 0.828. The number of hydrogen-bond donors (Lipinski definition) is 1. The van der Waals surface area contributed by atoms with Crippen molar-refractivity contribution in [3.63, 3.8) is 0 Å². The second kappa shape index (κ2) is 8.86. The van der Waals surface area contributed by atoms with E-state index in [4.69, 9.17) is 4.74 Å². The second-order valence-corrected chi connectivity index (χ2v) is 6.95. The second-order valence-electron chi connectivity index (χ2n) is 6.95. The summed E-state index contributed by atoms with van der Waals surface area (Å²) in [6, 6.07) is 14.7. The van der Waals surface area contributed by atoms with E-state index in [1.54, 1.807) is 37.3 Å². The van der Waals surface area contributed by atoms with Gasteiger partial charge in [0.15, 0.2) is 6.54 Å². The van der Waals surface area contributed by atoms with E-state index in [0.29, 0.717) is 18.7 Å². The van der Waals surface area contributed by atoms with Crippen molar-refractivity contribution >= 4 is 11.6 Å². The lowest BCUT2D eigenvalue weighted by Crippen LogP contribution is -3.15. The Bertz CT molecular complexity index is 758. The van der Waals surface area contributed by atoms with Crippen LogP contribution in [0.15, 0.2) is 48.5 Å². The van der Waals surface area contributed by atoms with Gasteiger partial charge in [-0.15, -0.1) is 0 Å². The van der Waals surface area contributed by atoms with Crippen LogP contribution in [0.4, 0.5) is 10.1 Å². The molecule has 0 unspecified atom stereocenters. The third-order valence-electron chi connectivity index (χ3n) is 5.10. The van der Waals surface area contributed by atoms with Gasteiger partial charge < -0.3 is 19.4 Å². The molecule has 0 bridgehead atoms. The average Bonchev–Trinajstić information content (AvgIpc) is 2.70. The first kappa shape index (κ1) is 19.2. The molecule has 6 heteroatoms. The molecule has 0 radical (unpaired) electrons. The Morgan fingerprint density at radius 3 is 2.44 bits per heavy atom. The van der Waals surface area contributed by atoms with Crippen LogP contribution < -0.4 is 14.5 Å². The smallest absolute Gasteiger partial charge is 0.277 e. The Morgan fingerprint density at radius 2 is 1.81 bits per heavy atom. The van der Waals surface area contributed by atoms with Gasteiger partial charge in [-0.25, -0.2) is 4.39 Å². The number of nitrogens with one attached hydrogen (secondary N) is 1. The van der Waals surface area contributed by atoms with Gasteiger partial charge in [-0.05, 0) is 30.3 Å². The number of likely N-dealkylation sites (N-methyl/N-ethyl adjacent to an activating group) is 1. The molecule has 0 saturated carbocycles. The number of halogens is 1. The zero-order chi connectivity index (χ0) is 19.2. The minimum Gasteiger partial charge on any atom is -0.497 e. The van der Waals surface area contributed by atoms with Gasteiger partial charge in [-0.2, -0.15) is 0 Å². The minimum atomic E-state index is -0.266. The third-order valence-corrected chi connectivity index (χ3v) is 5.10. The van der Waals surface area contributed by atoms with Crippen LogP contribution >= 0.6 is 0 Å². The average molecular weight is 372 g/mol. The van der Waals surface area contributed by atoms with Crippen molar-refractivity contribution < 1.29 is 18.8 Å². The molecule has 27 heavy (non-hydrogen) atoms. The molecular formula is C21H27FN3O2+. The Morgan fingerprint density at radius 1 is 1.15 bits per heavy atom. The highest BCUT2D eigenvalue weighted by atomic mass is 19.1. The molecule has 3 rings (SSSR count). The molecule has 2 aromatic rings. The molecule has 1 amide bonds. The number of piperazine rings is 1.